The summed E-state index contributed by atoms with van der Waals surface area (Å²) in [6.45, 7) is 6.16. The number of rotatable bonds is 5. The average Bonchev–Trinajstić information content (AvgIpc) is 3.23. The van der Waals surface area contributed by atoms with Gasteiger partial charge in [-0.25, -0.2) is 4.79 Å². The molecule has 0 aromatic carbocycles. The first kappa shape index (κ1) is 25.0. The molecule has 0 amide bonds. The monoisotopic (exact) mass is 486 g/mol. The van der Waals surface area contributed by atoms with E-state index in [0.29, 0.717) is 38.0 Å². The van der Waals surface area contributed by atoms with Gasteiger partial charge in [0.1, 0.15) is 12.7 Å². The highest BCUT2D eigenvalue weighted by atomic mass is 16.5. The second-order valence-electron chi connectivity index (χ2n) is 12.6. The summed E-state index contributed by atoms with van der Waals surface area (Å²) in [6.07, 6.45) is 14.4. The maximum absolute atomic E-state index is 12.9. The maximum atomic E-state index is 12.9. The molecule has 0 aromatic heterocycles. The Hall–Kier alpha value is -1.66. The largest absolute Gasteiger partial charge is 0.462 e. The third-order valence-corrected chi connectivity index (χ3v) is 10.9. The quantitative estimate of drug-likeness (QED) is 0.435. The van der Waals surface area contributed by atoms with Crippen molar-refractivity contribution in [2.75, 3.05) is 6.61 Å². The second-order valence-corrected chi connectivity index (χ2v) is 12.6. The lowest BCUT2D eigenvalue weighted by Gasteiger charge is -2.72. The van der Waals surface area contributed by atoms with E-state index in [1.54, 1.807) is 6.08 Å². The van der Waals surface area contributed by atoms with Gasteiger partial charge >= 0.3 is 11.9 Å². The van der Waals surface area contributed by atoms with Crippen LogP contribution in [0.2, 0.25) is 0 Å². The highest BCUT2D eigenvalue weighted by molar-refractivity contribution is 5.85. The average molecular weight is 487 g/mol. The predicted octanol–water partition coefficient (Wildman–Crippen LogP) is 4.63. The van der Waals surface area contributed by atoms with Crippen LogP contribution in [0.1, 0.15) is 91.4 Å². The summed E-state index contributed by atoms with van der Waals surface area (Å²) in [5, 5.41) is 24.7. The van der Waals surface area contributed by atoms with Gasteiger partial charge < -0.3 is 19.7 Å². The summed E-state index contributed by atoms with van der Waals surface area (Å²) in [4.78, 5) is 24.0. The van der Waals surface area contributed by atoms with Crippen molar-refractivity contribution in [3.8, 4) is 0 Å². The molecule has 0 unspecified atom stereocenters. The van der Waals surface area contributed by atoms with E-state index in [1.165, 1.54) is 26.2 Å². The molecular formula is C29H42O6. The number of aliphatic hydroxyl groups excluding tert-OH is 1. The van der Waals surface area contributed by atoms with Gasteiger partial charge in [-0.05, 0) is 68.3 Å². The maximum Gasteiger partial charge on any atom is 0.331 e. The summed E-state index contributed by atoms with van der Waals surface area (Å²) in [6, 6.07) is 0. The fourth-order valence-corrected chi connectivity index (χ4v) is 9.29. The van der Waals surface area contributed by atoms with Crippen molar-refractivity contribution in [3.05, 3.63) is 23.8 Å². The number of hydrogen-bond acceptors (Lipinski definition) is 6. The number of hydrogen-bond donors (Lipinski definition) is 2. The second kappa shape index (κ2) is 8.72. The highest BCUT2D eigenvalue weighted by Crippen LogP contribution is 2.72. The van der Waals surface area contributed by atoms with Gasteiger partial charge in [0.2, 0.25) is 0 Å². The Balaban J connectivity index is 1.62. The van der Waals surface area contributed by atoms with Gasteiger partial charge in [-0.2, -0.15) is 0 Å². The summed E-state index contributed by atoms with van der Waals surface area (Å²) >= 11 is 0. The third-order valence-electron chi connectivity index (χ3n) is 10.9. The van der Waals surface area contributed by atoms with E-state index in [9.17, 15) is 19.8 Å². The van der Waals surface area contributed by atoms with Gasteiger partial charge in [-0.1, -0.05) is 45.3 Å². The molecule has 2 bridgehead atoms. The van der Waals surface area contributed by atoms with Crippen LogP contribution in [0.15, 0.2) is 23.8 Å². The summed E-state index contributed by atoms with van der Waals surface area (Å²) in [7, 11) is 0. The first-order valence-corrected chi connectivity index (χ1v) is 13.7. The van der Waals surface area contributed by atoms with Gasteiger partial charge in [0.15, 0.2) is 0 Å². The molecule has 1 heterocycles. The molecule has 3 fully saturated rings. The molecule has 5 aliphatic rings. The first-order valence-electron chi connectivity index (χ1n) is 13.7. The summed E-state index contributed by atoms with van der Waals surface area (Å²) in [5.41, 5.74) is -1.91. The lowest BCUT2D eigenvalue weighted by atomic mass is 9.34. The summed E-state index contributed by atoms with van der Waals surface area (Å²) in [5.74, 6) is -0.259. The zero-order chi connectivity index (χ0) is 25.1. The Bertz CT molecular complexity index is 933. The Labute approximate surface area is 209 Å². The zero-order valence-corrected chi connectivity index (χ0v) is 21.6. The third kappa shape index (κ3) is 3.65. The van der Waals surface area contributed by atoms with E-state index >= 15 is 0 Å². The number of cyclic esters (lactones) is 1. The number of fused-ring (bicyclic) bond motifs is 1. The van der Waals surface area contributed by atoms with Gasteiger partial charge in [0.25, 0.3) is 0 Å². The van der Waals surface area contributed by atoms with Crippen molar-refractivity contribution in [2.24, 2.45) is 28.1 Å². The Morgan fingerprint density at radius 2 is 1.94 bits per heavy atom. The molecule has 6 heteroatoms. The van der Waals surface area contributed by atoms with Crippen LogP contribution in [-0.2, 0) is 19.1 Å². The minimum Gasteiger partial charge on any atom is -0.462 e. The van der Waals surface area contributed by atoms with E-state index in [0.717, 1.165) is 24.8 Å². The molecule has 0 radical (unpaired) electrons. The van der Waals surface area contributed by atoms with Crippen LogP contribution in [0.25, 0.3) is 0 Å². The zero-order valence-electron chi connectivity index (χ0n) is 21.6. The standard InChI is InChI=1S/C29H42O6/c1-19(30)35-22-17-26(2)12-7-13-28(29(26,33)15-10-20-16-24(32)34-18-20)23(31)11-14-27(3,25(22)28)21-8-5-4-6-9-21/h7,12,16,21-23,25,31,33H,4-6,8-11,13-15,17-18H2,1-3H3/t22-,23-,25+,26+,27+,28+,29-/m1/s1. The number of esters is 2. The van der Waals surface area contributed by atoms with Crippen molar-refractivity contribution in [2.45, 2.75) is 109 Å². The molecule has 0 aromatic rings. The molecule has 7 atom stereocenters. The smallest absolute Gasteiger partial charge is 0.331 e. The van der Waals surface area contributed by atoms with Gasteiger partial charge in [-0.15, -0.1) is 0 Å². The first-order chi connectivity index (χ1) is 16.6. The molecule has 1 spiro atoms. The molecule has 1 aliphatic heterocycles. The molecule has 6 nitrogen and oxygen atoms in total. The number of ether oxygens (including phenoxy) is 2. The van der Waals surface area contributed by atoms with E-state index in [-0.39, 0.29) is 36.0 Å². The van der Waals surface area contributed by atoms with Gasteiger partial charge in [0, 0.05) is 29.7 Å². The topological polar surface area (TPSA) is 93.1 Å². The Morgan fingerprint density at radius 1 is 1.20 bits per heavy atom. The Morgan fingerprint density at radius 3 is 2.60 bits per heavy atom. The molecule has 0 saturated heterocycles. The SMILES string of the molecule is CC(=O)O[C@@H]1C[C@]2(C)C=CC[C@@]3([C@H](O)CC[C@@](C)(C4CCCCC4)[C@H]13)[C@@]2(O)CCC1=CC(=O)OC1. The number of aliphatic hydroxyl groups is 2. The van der Waals surface area contributed by atoms with E-state index in [2.05, 4.69) is 26.0 Å². The minimum absolute atomic E-state index is 0.133. The molecule has 3 saturated carbocycles. The fraction of sp³-hybridized carbons (Fsp3) is 0.793. The van der Waals surface area contributed by atoms with Crippen molar-refractivity contribution in [1.29, 1.82) is 0 Å². The van der Waals surface area contributed by atoms with Crippen LogP contribution < -0.4 is 0 Å². The van der Waals surface area contributed by atoms with Crippen LogP contribution in [-0.4, -0.2) is 46.6 Å². The van der Waals surface area contributed by atoms with Crippen LogP contribution in [0.5, 0.6) is 0 Å². The van der Waals surface area contributed by atoms with E-state index in [4.69, 9.17) is 9.47 Å². The Kier molecular flexibility index (Phi) is 6.23. The van der Waals surface area contributed by atoms with Gasteiger partial charge in [0.05, 0.1) is 11.7 Å². The van der Waals surface area contributed by atoms with E-state index in [1.807, 2.05) is 0 Å². The minimum atomic E-state index is -1.20. The van der Waals surface area contributed by atoms with Crippen molar-refractivity contribution in [1.82, 2.24) is 0 Å². The normalized spacial score (nSPS) is 45.5. The highest BCUT2D eigenvalue weighted by Gasteiger charge is 2.75. The van der Waals surface area contributed by atoms with E-state index < -0.39 is 22.5 Å². The van der Waals surface area contributed by atoms with Crippen molar-refractivity contribution >= 4 is 11.9 Å². The lowest BCUT2D eigenvalue weighted by molar-refractivity contribution is -0.316. The van der Waals surface area contributed by atoms with Crippen LogP contribution in [0, 0.1) is 28.1 Å². The predicted molar refractivity (Wildman–Crippen MR) is 131 cm³/mol. The van der Waals surface area contributed by atoms with Gasteiger partial charge in [-0.3, -0.25) is 4.79 Å². The number of carbonyl (C=O) groups excluding carboxylic acids is 2. The van der Waals surface area contributed by atoms with Crippen LogP contribution in [0.4, 0.5) is 0 Å². The van der Waals surface area contributed by atoms with Crippen LogP contribution in [0.3, 0.4) is 0 Å². The van der Waals surface area contributed by atoms with Crippen molar-refractivity contribution in [3.63, 3.8) is 0 Å². The summed E-state index contributed by atoms with van der Waals surface area (Å²) < 4.78 is 11.2. The molecular weight excluding hydrogens is 444 g/mol. The lowest BCUT2D eigenvalue weighted by Crippen LogP contribution is -2.76. The van der Waals surface area contributed by atoms with Crippen LogP contribution >= 0.6 is 0 Å². The molecule has 194 valence electrons. The fourth-order valence-electron chi connectivity index (χ4n) is 9.29. The molecule has 4 aliphatic carbocycles. The molecule has 2 N–H and O–H groups in total. The van der Waals surface area contributed by atoms with Crippen molar-refractivity contribution < 1.29 is 29.3 Å². The number of allylic oxidation sites excluding steroid dienone is 1. The molecule has 35 heavy (non-hydrogen) atoms. The molecule has 5 rings (SSSR count). The number of carbonyl (C=O) groups is 2.